The maximum absolute atomic E-state index is 12.9. The van der Waals surface area contributed by atoms with E-state index in [1.807, 2.05) is 92.9 Å². The smallest absolute Gasteiger partial charge is 0.410 e. The number of hydrogen-bond acceptors (Lipinski definition) is 7. The predicted molar refractivity (Wildman–Crippen MR) is 187 cm³/mol. The van der Waals surface area contributed by atoms with E-state index < -0.39 is 11.7 Å². The Labute approximate surface area is 281 Å². The van der Waals surface area contributed by atoms with E-state index >= 15 is 0 Å². The van der Waals surface area contributed by atoms with Gasteiger partial charge in [-0.15, -0.1) is 0 Å². The van der Waals surface area contributed by atoms with Crippen molar-refractivity contribution in [1.82, 2.24) is 24.8 Å². The van der Waals surface area contributed by atoms with Gasteiger partial charge in [0.15, 0.2) is 5.65 Å². The van der Waals surface area contributed by atoms with Gasteiger partial charge >= 0.3 is 12.2 Å². The molecule has 48 heavy (non-hydrogen) atoms. The highest BCUT2D eigenvalue weighted by atomic mass is 16.6. The first-order valence-electron chi connectivity index (χ1n) is 16.4. The third-order valence-corrected chi connectivity index (χ3v) is 8.18. The highest BCUT2D eigenvalue weighted by Crippen LogP contribution is 2.33. The Balaban J connectivity index is 1.26. The number of ether oxygens (including phenoxy) is 2. The molecule has 1 saturated heterocycles. The number of nitrogens with one attached hydrogen (secondary N) is 1. The summed E-state index contributed by atoms with van der Waals surface area (Å²) in [6.45, 7) is 10.6. The molecular weight excluding hydrogens is 604 g/mol. The van der Waals surface area contributed by atoms with Crippen LogP contribution in [0.3, 0.4) is 0 Å². The second-order valence-corrected chi connectivity index (χ2v) is 13.0. The number of rotatable bonds is 8. The first-order valence-corrected chi connectivity index (χ1v) is 16.4. The Hall–Kier alpha value is -5.38. The fourth-order valence-electron chi connectivity index (χ4n) is 5.86. The fraction of sp³-hybridized carbons (Fsp3) is 0.316. The Morgan fingerprint density at radius 2 is 1.50 bits per heavy atom. The first-order chi connectivity index (χ1) is 23.1. The maximum Gasteiger partial charge on any atom is 0.410 e. The molecule has 0 aliphatic carbocycles. The third-order valence-electron chi connectivity index (χ3n) is 8.18. The molecule has 10 heteroatoms. The van der Waals surface area contributed by atoms with Crippen molar-refractivity contribution in [2.45, 2.75) is 46.3 Å². The zero-order chi connectivity index (χ0) is 33.7. The van der Waals surface area contributed by atoms with E-state index in [1.54, 1.807) is 4.90 Å². The number of anilines is 1. The molecule has 1 aliphatic rings. The topological polar surface area (TPSA) is 101 Å². The number of carbonyl (C=O) groups is 2. The van der Waals surface area contributed by atoms with Crippen LogP contribution in [0.2, 0.25) is 0 Å². The molecule has 3 heterocycles. The van der Waals surface area contributed by atoms with Crippen LogP contribution >= 0.6 is 0 Å². The van der Waals surface area contributed by atoms with Crippen molar-refractivity contribution in [3.05, 3.63) is 108 Å². The van der Waals surface area contributed by atoms with E-state index in [4.69, 9.17) is 19.6 Å². The van der Waals surface area contributed by atoms with Gasteiger partial charge in [0, 0.05) is 49.9 Å². The number of nitrogens with zero attached hydrogens (tertiary/aromatic N) is 5. The molecule has 6 rings (SSSR count). The minimum atomic E-state index is -0.547. The fourth-order valence-corrected chi connectivity index (χ4v) is 5.86. The van der Waals surface area contributed by atoms with Crippen molar-refractivity contribution in [1.29, 1.82) is 0 Å². The van der Waals surface area contributed by atoms with Crippen LogP contribution in [0.1, 0.15) is 37.6 Å². The van der Waals surface area contributed by atoms with E-state index in [2.05, 4.69) is 40.5 Å². The van der Waals surface area contributed by atoms with Gasteiger partial charge in [0.25, 0.3) is 0 Å². The summed E-state index contributed by atoms with van der Waals surface area (Å²) in [5.74, 6) is 0.912. The number of fused-ring (bicyclic) bond motifs is 1. The van der Waals surface area contributed by atoms with E-state index in [0.29, 0.717) is 39.1 Å². The summed E-state index contributed by atoms with van der Waals surface area (Å²) in [6.07, 6.45) is -0.0891. The lowest BCUT2D eigenvalue weighted by molar-refractivity contribution is 0.0528. The lowest BCUT2D eigenvalue weighted by atomic mass is 10.0. The molecule has 2 amide bonds. The molecule has 0 atom stereocenters. The van der Waals surface area contributed by atoms with Gasteiger partial charge in [-0.1, -0.05) is 78.9 Å². The molecule has 0 saturated carbocycles. The average molecular weight is 647 g/mol. The first kappa shape index (κ1) is 32.6. The van der Waals surface area contributed by atoms with Crippen LogP contribution in [-0.4, -0.2) is 70.0 Å². The minimum Gasteiger partial charge on any atom is -0.445 e. The SMILES string of the molecule is Cc1nn2c(N3CCN(C(=O)OCc4ccccc4)CC3)cc(-c3cccc(CCNC(=O)OC(C)(C)C)c3)nc2c1-c1ccccc1. The van der Waals surface area contributed by atoms with Gasteiger partial charge in [-0.2, -0.15) is 9.61 Å². The Morgan fingerprint density at radius 3 is 2.21 bits per heavy atom. The van der Waals surface area contributed by atoms with Crippen LogP contribution in [-0.2, 0) is 22.5 Å². The highest BCUT2D eigenvalue weighted by Gasteiger charge is 2.26. The van der Waals surface area contributed by atoms with Gasteiger partial charge in [0.05, 0.1) is 11.4 Å². The third kappa shape index (κ3) is 7.76. The second-order valence-electron chi connectivity index (χ2n) is 13.0. The van der Waals surface area contributed by atoms with Crippen LogP contribution in [0.4, 0.5) is 15.4 Å². The molecule has 1 N–H and O–H groups in total. The second kappa shape index (κ2) is 14.2. The molecule has 248 valence electrons. The zero-order valence-corrected chi connectivity index (χ0v) is 28.0. The van der Waals surface area contributed by atoms with Gasteiger partial charge < -0.3 is 24.6 Å². The molecule has 0 bridgehead atoms. The van der Waals surface area contributed by atoms with Crippen molar-refractivity contribution in [3.63, 3.8) is 0 Å². The largest absolute Gasteiger partial charge is 0.445 e. The molecule has 10 nitrogen and oxygen atoms in total. The normalized spacial score (nSPS) is 13.4. The molecule has 0 spiro atoms. The summed E-state index contributed by atoms with van der Waals surface area (Å²) < 4.78 is 12.9. The molecular formula is C38H42N6O4. The van der Waals surface area contributed by atoms with Crippen LogP contribution in [0.15, 0.2) is 91.0 Å². The number of benzene rings is 3. The van der Waals surface area contributed by atoms with E-state index in [0.717, 1.165) is 50.7 Å². The van der Waals surface area contributed by atoms with Crippen molar-refractivity contribution in [3.8, 4) is 22.4 Å². The summed E-state index contributed by atoms with van der Waals surface area (Å²) >= 11 is 0. The lowest BCUT2D eigenvalue weighted by Gasteiger charge is -2.35. The molecule has 0 radical (unpaired) electrons. The number of amides is 2. The lowest BCUT2D eigenvalue weighted by Crippen LogP contribution is -2.49. The van der Waals surface area contributed by atoms with Crippen molar-refractivity contribution >= 4 is 23.7 Å². The van der Waals surface area contributed by atoms with Crippen molar-refractivity contribution < 1.29 is 19.1 Å². The van der Waals surface area contributed by atoms with Crippen LogP contribution in [0.5, 0.6) is 0 Å². The standard InChI is InChI=1S/C38H42N6O4/c1-27-34(30-15-9-6-10-16-30)35-40-32(31-17-11-14-28(24-31)18-19-39-36(45)48-38(2,3)4)25-33(44(35)41-27)42-20-22-43(23-21-42)37(46)47-26-29-12-7-5-8-13-29/h5-17,24-25H,18-23,26H2,1-4H3,(H,39,45). The Morgan fingerprint density at radius 1 is 0.833 bits per heavy atom. The summed E-state index contributed by atoms with van der Waals surface area (Å²) in [4.78, 5) is 34.3. The summed E-state index contributed by atoms with van der Waals surface area (Å²) in [5, 5.41) is 7.82. The quantitative estimate of drug-likeness (QED) is 0.196. The number of piperazine rings is 1. The molecule has 0 unspecified atom stereocenters. The predicted octanol–water partition coefficient (Wildman–Crippen LogP) is 6.90. The summed E-state index contributed by atoms with van der Waals surface area (Å²) in [7, 11) is 0. The van der Waals surface area contributed by atoms with E-state index in [1.165, 1.54) is 0 Å². The maximum atomic E-state index is 12.9. The van der Waals surface area contributed by atoms with E-state index in [-0.39, 0.29) is 12.7 Å². The highest BCUT2D eigenvalue weighted by molar-refractivity contribution is 5.83. The summed E-state index contributed by atoms with van der Waals surface area (Å²) in [5.41, 5.74) is 6.97. The molecule has 3 aromatic carbocycles. The number of alkyl carbamates (subject to hydrolysis) is 1. The molecule has 2 aromatic heterocycles. The number of carbonyl (C=O) groups excluding carboxylic acids is 2. The van der Waals surface area contributed by atoms with Crippen LogP contribution in [0, 0.1) is 6.92 Å². The van der Waals surface area contributed by atoms with E-state index in [9.17, 15) is 9.59 Å². The number of hydrogen-bond donors (Lipinski definition) is 1. The van der Waals surface area contributed by atoms with Gasteiger partial charge in [0.2, 0.25) is 0 Å². The monoisotopic (exact) mass is 646 g/mol. The van der Waals surface area contributed by atoms with Crippen molar-refractivity contribution in [2.75, 3.05) is 37.6 Å². The van der Waals surface area contributed by atoms with Gasteiger partial charge in [-0.3, -0.25) is 0 Å². The van der Waals surface area contributed by atoms with Crippen molar-refractivity contribution in [2.24, 2.45) is 0 Å². The molecule has 5 aromatic rings. The average Bonchev–Trinajstić information content (AvgIpc) is 3.42. The molecule has 1 aliphatic heterocycles. The Bertz CT molecular complexity index is 1880. The zero-order valence-electron chi connectivity index (χ0n) is 28.0. The molecule has 1 fully saturated rings. The van der Waals surface area contributed by atoms with Crippen LogP contribution < -0.4 is 10.2 Å². The van der Waals surface area contributed by atoms with Gasteiger partial charge in [-0.05, 0) is 56.9 Å². The van der Waals surface area contributed by atoms with Gasteiger partial charge in [0.1, 0.15) is 18.0 Å². The Kier molecular flexibility index (Phi) is 9.61. The van der Waals surface area contributed by atoms with Gasteiger partial charge in [-0.25, -0.2) is 14.6 Å². The number of aromatic nitrogens is 3. The minimum absolute atomic E-state index is 0.249. The summed E-state index contributed by atoms with van der Waals surface area (Å²) in [6, 6.07) is 30.2. The number of aryl methyl sites for hydroxylation is 1. The van der Waals surface area contributed by atoms with Crippen LogP contribution in [0.25, 0.3) is 28.0 Å².